The predicted octanol–water partition coefficient (Wildman–Crippen LogP) is 1.78. The van der Waals surface area contributed by atoms with Crippen LogP contribution in [0.25, 0.3) is 0 Å². The largest absolute Gasteiger partial charge is 0.390 e. The number of hydrogen-bond donors (Lipinski definition) is 2. The number of nitrogens with zero attached hydrogens (tertiary/aromatic N) is 1. The lowest BCUT2D eigenvalue weighted by Crippen LogP contribution is -2.33. The van der Waals surface area contributed by atoms with Gasteiger partial charge in [-0.15, -0.1) is 0 Å². The highest BCUT2D eigenvalue weighted by Crippen LogP contribution is 2.31. The van der Waals surface area contributed by atoms with E-state index in [1.807, 2.05) is 31.2 Å². The third-order valence-corrected chi connectivity index (χ3v) is 3.65. The molecular formula is C16H16N2O2. The minimum Gasteiger partial charge on any atom is -0.390 e. The molecule has 102 valence electrons. The molecule has 0 radical (unpaired) electrons. The number of rotatable bonds is 2. The second-order valence-corrected chi connectivity index (χ2v) is 5.11. The van der Waals surface area contributed by atoms with Crippen molar-refractivity contribution in [1.29, 1.82) is 0 Å². The van der Waals surface area contributed by atoms with Gasteiger partial charge in [0.2, 0.25) is 0 Å². The van der Waals surface area contributed by atoms with E-state index in [9.17, 15) is 9.90 Å². The van der Waals surface area contributed by atoms with Gasteiger partial charge < -0.3 is 10.4 Å². The van der Waals surface area contributed by atoms with Crippen molar-refractivity contribution < 1.29 is 9.90 Å². The van der Waals surface area contributed by atoms with Crippen molar-refractivity contribution >= 4 is 5.91 Å². The molecule has 1 heterocycles. The van der Waals surface area contributed by atoms with Gasteiger partial charge in [-0.25, -0.2) is 0 Å². The van der Waals surface area contributed by atoms with Gasteiger partial charge in [0.05, 0.1) is 12.1 Å². The number of amides is 1. The maximum atomic E-state index is 12.3. The fourth-order valence-corrected chi connectivity index (χ4v) is 2.66. The molecule has 2 atom stereocenters. The zero-order valence-corrected chi connectivity index (χ0v) is 11.2. The van der Waals surface area contributed by atoms with E-state index in [0.29, 0.717) is 12.0 Å². The molecule has 2 N–H and O–H groups in total. The summed E-state index contributed by atoms with van der Waals surface area (Å²) in [5, 5.41) is 13.0. The van der Waals surface area contributed by atoms with Gasteiger partial charge >= 0.3 is 0 Å². The summed E-state index contributed by atoms with van der Waals surface area (Å²) >= 11 is 0. The van der Waals surface area contributed by atoms with Crippen LogP contribution in [0.1, 0.15) is 33.2 Å². The number of aryl methyl sites for hydroxylation is 1. The van der Waals surface area contributed by atoms with Gasteiger partial charge in [-0.2, -0.15) is 0 Å². The third-order valence-electron chi connectivity index (χ3n) is 3.65. The molecule has 0 fully saturated rings. The summed E-state index contributed by atoms with van der Waals surface area (Å²) in [7, 11) is 0. The molecular weight excluding hydrogens is 252 g/mol. The van der Waals surface area contributed by atoms with E-state index < -0.39 is 6.10 Å². The monoisotopic (exact) mass is 268 g/mol. The zero-order chi connectivity index (χ0) is 14.1. The number of carbonyl (C=O) groups is 1. The molecule has 0 saturated heterocycles. The maximum Gasteiger partial charge on any atom is 0.251 e. The van der Waals surface area contributed by atoms with Crippen molar-refractivity contribution in [3.05, 3.63) is 65.0 Å². The van der Waals surface area contributed by atoms with Crippen LogP contribution in [-0.2, 0) is 6.42 Å². The maximum absolute atomic E-state index is 12.3. The third kappa shape index (κ3) is 2.30. The number of carbonyl (C=O) groups excluding carboxylic acids is 1. The molecule has 20 heavy (non-hydrogen) atoms. The van der Waals surface area contributed by atoms with Gasteiger partial charge in [0.1, 0.15) is 0 Å². The number of pyridine rings is 1. The number of hydrogen-bond acceptors (Lipinski definition) is 3. The van der Waals surface area contributed by atoms with Gasteiger partial charge in [-0.05, 0) is 30.2 Å². The van der Waals surface area contributed by atoms with Gasteiger partial charge in [0.25, 0.3) is 5.91 Å². The van der Waals surface area contributed by atoms with Crippen LogP contribution in [0.4, 0.5) is 0 Å². The summed E-state index contributed by atoms with van der Waals surface area (Å²) in [5.41, 5.74) is 3.45. The Bertz CT molecular complexity index is 654. The van der Waals surface area contributed by atoms with Crippen molar-refractivity contribution in [2.75, 3.05) is 0 Å². The lowest BCUT2D eigenvalue weighted by Gasteiger charge is -2.18. The first kappa shape index (κ1) is 12.8. The first-order valence-corrected chi connectivity index (χ1v) is 6.64. The fourth-order valence-electron chi connectivity index (χ4n) is 2.66. The lowest BCUT2D eigenvalue weighted by molar-refractivity contribution is 0.0858. The number of fused-ring (bicyclic) bond motifs is 1. The summed E-state index contributed by atoms with van der Waals surface area (Å²) in [6.07, 6.45) is 1.62. The number of aliphatic hydroxyl groups excluding tert-OH is 1. The van der Waals surface area contributed by atoms with Crippen LogP contribution in [0, 0.1) is 6.92 Å². The number of aromatic nitrogens is 1. The van der Waals surface area contributed by atoms with Crippen LogP contribution < -0.4 is 5.32 Å². The van der Waals surface area contributed by atoms with E-state index >= 15 is 0 Å². The second kappa shape index (κ2) is 5.06. The van der Waals surface area contributed by atoms with Crippen molar-refractivity contribution in [2.24, 2.45) is 0 Å². The molecule has 2 aromatic rings. The normalized spacial score (nSPS) is 20.5. The summed E-state index contributed by atoms with van der Waals surface area (Å²) in [5.74, 6) is -0.184. The molecule has 4 heteroatoms. The Hall–Kier alpha value is -2.20. The van der Waals surface area contributed by atoms with E-state index in [0.717, 1.165) is 16.8 Å². The Morgan fingerprint density at radius 2 is 2.15 bits per heavy atom. The Morgan fingerprint density at radius 1 is 1.35 bits per heavy atom. The Morgan fingerprint density at radius 3 is 2.95 bits per heavy atom. The SMILES string of the molecule is Cc1cc(C(=O)N[C@@H]2c3ccccc3C[C@@H]2O)ccn1. The molecule has 0 unspecified atom stereocenters. The lowest BCUT2D eigenvalue weighted by atomic mass is 10.1. The molecule has 3 rings (SSSR count). The molecule has 0 spiro atoms. The zero-order valence-electron chi connectivity index (χ0n) is 11.2. The van der Waals surface area contributed by atoms with Gasteiger partial charge in [-0.1, -0.05) is 24.3 Å². The van der Waals surface area contributed by atoms with Gasteiger partial charge in [0.15, 0.2) is 0 Å². The van der Waals surface area contributed by atoms with E-state index in [2.05, 4.69) is 10.3 Å². The number of benzene rings is 1. The molecule has 1 aliphatic carbocycles. The minimum absolute atomic E-state index is 0.184. The standard InChI is InChI=1S/C16H16N2O2/c1-10-8-12(6-7-17-10)16(20)18-15-13-5-3-2-4-11(13)9-14(15)19/h2-8,14-15,19H,9H2,1H3,(H,18,20)/t14-,15+/m0/s1. The van der Waals surface area contributed by atoms with Crippen molar-refractivity contribution in [1.82, 2.24) is 10.3 Å². The van der Waals surface area contributed by atoms with E-state index in [1.54, 1.807) is 18.3 Å². The molecule has 0 bridgehead atoms. The Kier molecular flexibility index (Phi) is 3.24. The van der Waals surface area contributed by atoms with Crippen molar-refractivity contribution in [2.45, 2.75) is 25.5 Å². The summed E-state index contributed by atoms with van der Waals surface area (Å²) in [6.45, 7) is 1.84. The molecule has 4 nitrogen and oxygen atoms in total. The van der Waals surface area contributed by atoms with Crippen LogP contribution >= 0.6 is 0 Å². The van der Waals surface area contributed by atoms with Crippen LogP contribution in [0.5, 0.6) is 0 Å². The predicted molar refractivity (Wildman–Crippen MR) is 75.3 cm³/mol. The highest BCUT2D eigenvalue weighted by Gasteiger charge is 2.31. The Labute approximate surface area is 117 Å². The van der Waals surface area contributed by atoms with E-state index in [-0.39, 0.29) is 11.9 Å². The van der Waals surface area contributed by atoms with Crippen LogP contribution in [0.3, 0.4) is 0 Å². The number of nitrogens with one attached hydrogen (secondary N) is 1. The van der Waals surface area contributed by atoms with Gasteiger partial charge in [-0.3, -0.25) is 9.78 Å². The van der Waals surface area contributed by atoms with E-state index in [1.165, 1.54) is 0 Å². The summed E-state index contributed by atoms with van der Waals surface area (Å²) < 4.78 is 0. The summed E-state index contributed by atoms with van der Waals surface area (Å²) in [4.78, 5) is 16.3. The van der Waals surface area contributed by atoms with Crippen molar-refractivity contribution in [3.8, 4) is 0 Å². The van der Waals surface area contributed by atoms with Crippen molar-refractivity contribution in [3.63, 3.8) is 0 Å². The van der Waals surface area contributed by atoms with Gasteiger partial charge in [0, 0.05) is 23.9 Å². The van der Waals surface area contributed by atoms with E-state index in [4.69, 9.17) is 0 Å². The quantitative estimate of drug-likeness (QED) is 0.872. The molecule has 1 amide bonds. The number of aliphatic hydroxyl groups is 1. The molecule has 1 aromatic carbocycles. The van der Waals surface area contributed by atoms with Crippen LogP contribution in [0.2, 0.25) is 0 Å². The average molecular weight is 268 g/mol. The smallest absolute Gasteiger partial charge is 0.251 e. The first-order valence-electron chi connectivity index (χ1n) is 6.64. The second-order valence-electron chi connectivity index (χ2n) is 5.11. The Balaban J connectivity index is 1.83. The minimum atomic E-state index is -0.570. The molecule has 1 aliphatic rings. The molecule has 0 saturated carbocycles. The highest BCUT2D eigenvalue weighted by molar-refractivity contribution is 5.94. The fraction of sp³-hybridized carbons (Fsp3) is 0.250. The molecule has 0 aliphatic heterocycles. The molecule has 1 aromatic heterocycles. The van der Waals surface area contributed by atoms with Crippen LogP contribution in [-0.4, -0.2) is 22.1 Å². The average Bonchev–Trinajstić information content (AvgIpc) is 2.75. The van der Waals surface area contributed by atoms with Crippen LogP contribution in [0.15, 0.2) is 42.6 Å². The highest BCUT2D eigenvalue weighted by atomic mass is 16.3. The summed E-state index contributed by atoms with van der Waals surface area (Å²) in [6, 6.07) is 10.9. The first-order chi connectivity index (χ1) is 9.65. The topological polar surface area (TPSA) is 62.2 Å².